The molecule has 1 fully saturated rings. The van der Waals surface area contributed by atoms with Gasteiger partial charge in [-0.15, -0.1) is 11.3 Å². The van der Waals surface area contributed by atoms with Gasteiger partial charge in [0, 0.05) is 31.6 Å². The summed E-state index contributed by atoms with van der Waals surface area (Å²) in [6, 6.07) is 7.83. The zero-order valence-electron chi connectivity index (χ0n) is 12.7. The molecular formula is C15H16FN3O3S2. The molecule has 0 bridgehead atoms. The minimum atomic E-state index is -3.80. The number of amides is 1. The van der Waals surface area contributed by atoms with Gasteiger partial charge in [0.05, 0.1) is 11.3 Å². The molecule has 2 N–H and O–H groups in total. The number of halogens is 1. The molecule has 3 rings (SSSR count). The lowest BCUT2D eigenvalue weighted by Gasteiger charge is -2.36. The van der Waals surface area contributed by atoms with Crippen LogP contribution in [0.1, 0.15) is 10.4 Å². The number of nitrogens with zero attached hydrogens (tertiary/aromatic N) is 2. The number of carbonyl (C=O) groups is 1. The lowest BCUT2D eigenvalue weighted by molar-refractivity contribution is 0.0747. The van der Waals surface area contributed by atoms with E-state index in [1.807, 2.05) is 4.90 Å². The van der Waals surface area contributed by atoms with E-state index in [-0.39, 0.29) is 15.9 Å². The molecule has 1 aliphatic heterocycles. The fraction of sp³-hybridized carbons (Fsp3) is 0.267. The first-order valence-corrected chi connectivity index (χ1v) is 9.69. The van der Waals surface area contributed by atoms with Crippen molar-refractivity contribution in [1.29, 1.82) is 0 Å². The highest BCUT2D eigenvalue weighted by atomic mass is 32.2. The van der Waals surface area contributed by atoms with E-state index in [4.69, 9.17) is 5.14 Å². The van der Waals surface area contributed by atoms with E-state index < -0.39 is 10.0 Å². The number of sulfonamides is 1. The summed E-state index contributed by atoms with van der Waals surface area (Å²) >= 11 is 0.928. The second kappa shape index (κ2) is 6.50. The van der Waals surface area contributed by atoms with E-state index in [0.717, 1.165) is 11.3 Å². The van der Waals surface area contributed by atoms with Gasteiger partial charge in [-0.05, 0) is 18.2 Å². The number of para-hydroxylation sites is 1. The third-order valence-corrected chi connectivity index (χ3v) is 6.25. The quantitative estimate of drug-likeness (QED) is 0.889. The molecule has 1 amide bonds. The van der Waals surface area contributed by atoms with Gasteiger partial charge in [0.15, 0.2) is 0 Å². The number of primary sulfonamides is 1. The van der Waals surface area contributed by atoms with E-state index >= 15 is 0 Å². The molecule has 0 aliphatic carbocycles. The maximum atomic E-state index is 13.8. The van der Waals surface area contributed by atoms with Crippen molar-refractivity contribution in [2.24, 2.45) is 5.14 Å². The van der Waals surface area contributed by atoms with Crippen molar-refractivity contribution >= 4 is 33.0 Å². The molecule has 9 heteroatoms. The Balaban J connectivity index is 1.67. The second-order valence-corrected chi connectivity index (χ2v) is 8.13. The highest BCUT2D eigenvalue weighted by molar-refractivity contribution is 7.91. The number of nitrogens with two attached hydrogens (primary N) is 1. The Labute approximate surface area is 143 Å². The second-order valence-electron chi connectivity index (χ2n) is 5.43. The highest BCUT2D eigenvalue weighted by Crippen LogP contribution is 2.23. The van der Waals surface area contributed by atoms with Gasteiger partial charge in [0.2, 0.25) is 10.0 Å². The summed E-state index contributed by atoms with van der Waals surface area (Å²) < 4.78 is 36.4. The number of hydrogen-bond acceptors (Lipinski definition) is 5. The Bertz CT molecular complexity index is 858. The molecule has 0 unspecified atom stereocenters. The Morgan fingerprint density at radius 2 is 1.83 bits per heavy atom. The topological polar surface area (TPSA) is 83.7 Å². The molecule has 128 valence electrons. The van der Waals surface area contributed by atoms with Gasteiger partial charge >= 0.3 is 0 Å². The van der Waals surface area contributed by atoms with E-state index in [0.29, 0.717) is 37.4 Å². The normalized spacial score (nSPS) is 15.6. The van der Waals surface area contributed by atoms with Gasteiger partial charge in [-0.3, -0.25) is 4.79 Å². The summed E-state index contributed by atoms with van der Waals surface area (Å²) in [5.41, 5.74) is 0.833. The summed E-state index contributed by atoms with van der Waals surface area (Å²) in [6.45, 7) is 1.90. The monoisotopic (exact) mass is 369 g/mol. The predicted octanol–water partition coefficient (Wildman–Crippen LogP) is 1.50. The van der Waals surface area contributed by atoms with Crippen LogP contribution >= 0.6 is 11.3 Å². The molecule has 0 spiro atoms. The first-order chi connectivity index (χ1) is 11.4. The van der Waals surface area contributed by atoms with E-state index in [1.54, 1.807) is 23.1 Å². The molecule has 24 heavy (non-hydrogen) atoms. The Kier molecular flexibility index (Phi) is 4.57. The smallest absolute Gasteiger partial charge is 0.254 e. The van der Waals surface area contributed by atoms with E-state index in [1.165, 1.54) is 17.5 Å². The molecule has 0 atom stereocenters. The number of thiophene rings is 1. The van der Waals surface area contributed by atoms with Crippen LogP contribution in [0.25, 0.3) is 0 Å². The van der Waals surface area contributed by atoms with Gasteiger partial charge in [-0.1, -0.05) is 12.1 Å². The number of piperazine rings is 1. The van der Waals surface area contributed by atoms with Crippen LogP contribution in [0.3, 0.4) is 0 Å². The van der Waals surface area contributed by atoms with Crippen LogP contribution in [0.5, 0.6) is 0 Å². The summed E-state index contributed by atoms with van der Waals surface area (Å²) in [5, 5.41) is 6.55. The van der Waals surface area contributed by atoms with Crippen molar-refractivity contribution in [3.63, 3.8) is 0 Å². The van der Waals surface area contributed by atoms with Gasteiger partial charge in [-0.25, -0.2) is 17.9 Å². The first-order valence-electron chi connectivity index (χ1n) is 7.26. The SMILES string of the molecule is NS(=O)(=O)c1cc(C(=O)N2CCN(c3ccccc3F)CC2)cs1. The zero-order chi connectivity index (χ0) is 17.3. The minimum absolute atomic E-state index is 0.0316. The average molecular weight is 369 g/mol. The van der Waals surface area contributed by atoms with Gasteiger partial charge in [0.25, 0.3) is 5.91 Å². The van der Waals surface area contributed by atoms with E-state index in [2.05, 4.69) is 0 Å². The summed E-state index contributed by atoms with van der Waals surface area (Å²) in [5.74, 6) is -0.526. The highest BCUT2D eigenvalue weighted by Gasteiger charge is 2.25. The van der Waals surface area contributed by atoms with Crippen LogP contribution in [0.2, 0.25) is 0 Å². The van der Waals surface area contributed by atoms with Crippen molar-refractivity contribution in [3.05, 3.63) is 47.1 Å². The fourth-order valence-electron chi connectivity index (χ4n) is 2.62. The predicted molar refractivity (Wildman–Crippen MR) is 90.2 cm³/mol. The van der Waals surface area contributed by atoms with Crippen LogP contribution in [-0.4, -0.2) is 45.4 Å². The number of carbonyl (C=O) groups excluding carboxylic acids is 1. The third-order valence-electron chi connectivity index (χ3n) is 3.86. The van der Waals surface area contributed by atoms with Crippen molar-refractivity contribution < 1.29 is 17.6 Å². The largest absolute Gasteiger partial charge is 0.366 e. The summed E-state index contributed by atoms with van der Waals surface area (Å²) in [7, 11) is -3.80. The number of anilines is 1. The standard InChI is InChI=1S/C15H16FN3O3S2/c16-12-3-1-2-4-13(12)18-5-7-19(8-6-18)15(20)11-9-14(23-10-11)24(17,21)22/h1-4,9-10H,5-8H2,(H2,17,21,22). The number of benzene rings is 1. The average Bonchev–Trinajstić information content (AvgIpc) is 3.05. The molecule has 1 saturated heterocycles. The summed E-state index contributed by atoms with van der Waals surface area (Å²) in [4.78, 5) is 16.0. The number of hydrogen-bond donors (Lipinski definition) is 1. The third kappa shape index (κ3) is 3.42. The number of rotatable bonds is 3. The lowest BCUT2D eigenvalue weighted by Crippen LogP contribution is -2.49. The van der Waals surface area contributed by atoms with Crippen LogP contribution in [0.15, 0.2) is 39.9 Å². The van der Waals surface area contributed by atoms with Gasteiger partial charge in [0.1, 0.15) is 10.0 Å². The Morgan fingerprint density at radius 3 is 2.42 bits per heavy atom. The van der Waals surface area contributed by atoms with Crippen LogP contribution in [-0.2, 0) is 10.0 Å². The molecule has 2 aromatic rings. The molecular weight excluding hydrogens is 353 g/mol. The zero-order valence-corrected chi connectivity index (χ0v) is 14.3. The Hall–Kier alpha value is -1.97. The summed E-state index contributed by atoms with van der Waals surface area (Å²) in [6.07, 6.45) is 0. The lowest BCUT2D eigenvalue weighted by atomic mass is 10.2. The molecule has 1 aromatic heterocycles. The van der Waals surface area contributed by atoms with Crippen molar-refractivity contribution in [1.82, 2.24) is 4.90 Å². The van der Waals surface area contributed by atoms with Crippen LogP contribution < -0.4 is 10.0 Å². The molecule has 2 heterocycles. The maximum absolute atomic E-state index is 13.8. The Morgan fingerprint density at radius 1 is 1.17 bits per heavy atom. The van der Waals surface area contributed by atoms with Gasteiger partial charge < -0.3 is 9.80 Å². The van der Waals surface area contributed by atoms with Crippen molar-refractivity contribution in [2.45, 2.75) is 4.21 Å². The van der Waals surface area contributed by atoms with E-state index in [9.17, 15) is 17.6 Å². The molecule has 6 nitrogen and oxygen atoms in total. The first kappa shape index (κ1) is 16.9. The maximum Gasteiger partial charge on any atom is 0.254 e. The van der Waals surface area contributed by atoms with Crippen molar-refractivity contribution in [2.75, 3.05) is 31.1 Å². The minimum Gasteiger partial charge on any atom is -0.366 e. The van der Waals surface area contributed by atoms with Gasteiger partial charge in [-0.2, -0.15) is 0 Å². The van der Waals surface area contributed by atoms with Crippen molar-refractivity contribution in [3.8, 4) is 0 Å². The molecule has 0 saturated carbocycles. The fourth-order valence-corrected chi connectivity index (χ4v) is 4.20. The molecule has 1 aromatic carbocycles. The molecule has 0 radical (unpaired) electrons. The molecule has 1 aliphatic rings. The van der Waals surface area contributed by atoms with Crippen LogP contribution in [0.4, 0.5) is 10.1 Å². The van der Waals surface area contributed by atoms with Crippen LogP contribution in [0, 0.1) is 5.82 Å².